The molecular formula is C51H31N5S. The maximum absolute atomic E-state index is 5.39. The maximum Gasteiger partial charge on any atom is 0.235 e. The Kier molecular flexibility index (Phi) is 6.37. The molecule has 0 radical (unpaired) electrons. The van der Waals surface area contributed by atoms with E-state index in [-0.39, 0.29) is 12.0 Å². The van der Waals surface area contributed by atoms with Gasteiger partial charge in [0.2, 0.25) is 5.95 Å². The first-order valence-corrected chi connectivity index (χ1v) is 20.3. The highest BCUT2D eigenvalue weighted by Crippen LogP contribution is 2.53. The van der Waals surface area contributed by atoms with E-state index in [9.17, 15) is 0 Å². The van der Waals surface area contributed by atoms with Gasteiger partial charge in [-0.1, -0.05) is 140 Å². The molecule has 0 N–H and O–H groups in total. The summed E-state index contributed by atoms with van der Waals surface area (Å²) in [6, 6.07) is 56.3. The second kappa shape index (κ2) is 11.7. The van der Waals surface area contributed by atoms with Gasteiger partial charge in [-0.3, -0.25) is 4.57 Å². The third-order valence-electron chi connectivity index (χ3n) is 12.1. The van der Waals surface area contributed by atoms with Gasteiger partial charge in [-0.05, 0) is 53.1 Å². The summed E-state index contributed by atoms with van der Waals surface area (Å²) in [6.45, 7) is 0. The van der Waals surface area contributed by atoms with Crippen molar-refractivity contribution < 1.29 is 0 Å². The summed E-state index contributed by atoms with van der Waals surface area (Å²) < 4.78 is 6.05. The Balaban J connectivity index is 0.964. The Morgan fingerprint density at radius 1 is 0.526 bits per heavy atom. The quantitative estimate of drug-likeness (QED) is 0.180. The van der Waals surface area contributed by atoms with Crippen molar-refractivity contribution in [1.29, 1.82) is 0 Å². The van der Waals surface area contributed by atoms with E-state index in [0.717, 1.165) is 49.3 Å². The van der Waals surface area contributed by atoms with Crippen LogP contribution in [-0.4, -0.2) is 24.1 Å². The lowest BCUT2D eigenvalue weighted by Crippen LogP contribution is -2.10. The van der Waals surface area contributed by atoms with E-state index in [1.807, 2.05) is 0 Å². The molecule has 2 unspecified atom stereocenters. The van der Waals surface area contributed by atoms with Crippen molar-refractivity contribution in [3.05, 3.63) is 187 Å². The summed E-state index contributed by atoms with van der Waals surface area (Å²) >= 11 is 1.81. The molecule has 57 heavy (non-hydrogen) atoms. The fourth-order valence-corrected chi connectivity index (χ4v) is 10.7. The van der Waals surface area contributed by atoms with E-state index in [1.165, 1.54) is 54.0 Å². The Labute approximate surface area is 331 Å². The molecule has 0 amide bonds. The van der Waals surface area contributed by atoms with Crippen LogP contribution in [0.25, 0.3) is 98.1 Å². The molecular weight excluding hydrogens is 715 g/mol. The van der Waals surface area contributed by atoms with Crippen molar-refractivity contribution in [3.63, 3.8) is 0 Å². The average molecular weight is 746 g/mol. The van der Waals surface area contributed by atoms with Gasteiger partial charge in [-0.15, -0.1) is 11.3 Å². The summed E-state index contributed by atoms with van der Waals surface area (Å²) in [5.74, 6) is 0.854. The molecule has 0 fully saturated rings. The number of allylic oxidation sites excluding steroid dienone is 4. The maximum atomic E-state index is 5.39. The number of para-hydroxylation sites is 4. The monoisotopic (exact) mass is 745 g/mol. The molecule has 2 aliphatic rings. The highest BCUT2D eigenvalue weighted by Gasteiger charge is 2.37. The molecule has 266 valence electrons. The Morgan fingerprint density at radius 2 is 1.19 bits per heavy atom. The molecule has 0 saturated heterocycles. The summed E-state index contributed by atoms with van der Waals surface area (Å²) in [6.07, 6.45) is 7.22. The Hall–Kier alpha value is -7.15. The van der Waals surface area contributed by atoms with Crippen molar-refractivity contribution >= 4 is 81.6 Å². The van der Waals surface area contributed by atoms with Gasteiger partial charge in [0.1, 0.15) is 5.01 Å². The fraction of sp³-hybridized carbons (Fsp3) is 0.0392. The number of rotatable bonds is 4. The molecule has 7 aromatic carbocycles. The minimum absolute atomic E-state index is 0.184. The predicted molar refractivity (Wildman–Crippen MR) is 236 cm³/mol. The highest BCUT2D eigenvalue weighted by atomic mass is 32.1. The molecule has 13 rings (SSSR count). The van der Waals surface area contributed by atoms with Crippen LogP contribution >= 0.6 is 11.3 Å². The van der Waals surface area contributed by atoms with Crippen LogP contribution in [0.15, 0.2) is 176 Å². The van der Waals surface area contributed by atoms with E-state index in [1.54, 1.807) is 11.3 Å². The molecule has 1 aliphatic heterocycles. The van der Waals surface area contributed by atoms with Gasteiger partial charge in [0.15, 0.2) is 0 Å². The molecule has 0 spiro atoms. The summed E-state index contributed by atoms with van der Waals surface area (Å²) in [5, 5.41) is 7.10. The number of nitrogens with zero attached hydrogens (tertiary/aromatic N) is 5. The second-order valence-electron chi connectivity index (χ2n) is 15.1. The van der Waals surface area contributed by atoms with Crippen LogP contribution in [0.1, 0.15) is 23.1 Å². The summed E-state index contributed by atoms with van der Waals surface area (Å²) in [7, 11) is 0. The van der Waals surface area contributed by atoms with Crippen LogP contribution in [0.2, 0.25) is 0 Å². The van der Waals surface area contributed by atoms with Crippen LogP contribution in [0.3, 0.4) is 0 Å². The number of benzene rings is 7. The van der Waals surface area contributed by atoms with E-state index in [2.05, 4.69) is 185 Å². The second-order valence-corrected chi connectivity index (χ2v) is 16.1. The van der Waals surface area contributed by atoms with Crippen molar-refractivity contribution in [2.24, 2.45) is 0 Å². The zero-order valence-electron chi connectivity index (χ0n) is 30.5. The SMILES string of the molecule is C1=CC2C(C=C1c1cccc(-c3nc(-n4c5ccccc5c5ccccc54)nc4ccccc34)c1)c1cc3nc(-c4ccccc4)sc3c3c4ccccc4n2c13. The highest BCUT2D eigenvalue weighted by molar-refractivity contribution is 7.22. The first-order valence-electron chi connectivity index (χ1n) is 19.4. The van der Waals surface area contributed by atoms with E-state index < -0.39 is 0 Å². The van der Waals surface area contributed by atoms with Crippen molar-refractivity contribution in [2.45, 2.75) is 12.0 Å². The van der Waals surface area contributed by atoms with Crippen LogP contribution in [-0.2, 0) is 0 Å². The number of thiazole rings is 1. The summed E-state index contributed by atoms with van der Waals surface area (Å²) in [5.41, 5.74) is 13.7. The van der Waals surface area contributed by atoms with Crippen LogP contribution in [0.4, 0.5) is 0 Å². The zero-order chi connectivity index (χ0) is 37.2. The fourth-order valence-electron chi connectivity index (χ4n) is 9.62. The third-order valence-corrected chi connectivity index (χ3v) is 13.2. The lowest BCUT2D eigenvalue weighted by atomic mass is 9.85. The van der Waals surface area contributed by atoms with Gasteiger partial charge < -0.3 is 4.57 Å². The standard InChI is InChI=1S/C51H31N5S/c1-2-13-30(14-3-1)50-52-41-29-39-38-28-32(25-26-45(38)55-44-24-11-7-20-37(44)46(48(39)55)49(41)57-50)31-15-12-16-33(27-31)47-36-19-4-8-21-40(36)53-51(54-47)56-42-22-9-5-17-34(42)35-18-6-10-23-43(35)56/h1-29,38,45H. The number of fused-ring (bicyclic) bond motifs is 12. The van der Waals surface area contributed by atoms with Crippen molar-refractivity contribution in [2.75, 3.05) is 0 Å². The first kappa shape index (κ1) is 31.1. The molecule has 11 aromatic rings. The molecule has 6 heteroatoms. The molecule has 5 heterocycles. The molecule has 5 nitrogen and oxygen atoms in total. The van der Waals surface area contributed by atoms with Crippen LogP contribution in [0.5, 0.6) is 0 Å². The zero-order valence-corrected chi connectivity index (χ0v) is 31.4. The van der Waals surface area contributed by atoms with Crippen LogP contribution < -0.4 is 0 Å². The van der Waals surface area contributed by atoms with Crippen molar-refractivity contribution in [1.82, 2.24) is 24.1 Å². The number of hydrogen-bond acceptors (Lipinski definition) is 4. The van der Waals surface area contributed by atoms with Crippen molar-refractivity contribution in [3.8, 4) is 27.8 Å². The molecule has 4 aromatic heterocycles. The largest absolute Gasteiger partial charge is 0.332 e. The lowest BCUT2D eigenvalue weighted by Gasteiger charge is -2.23. The number of hydrogen-bond donors (Lipinski definition) is 0. The third kappa shape index (κ3) is 4.41. The van der Waals surface area contributed by atoms with Gasteiger partial charge in [0, 0.05) is 49.5 Å². The normalized spacial score (nSPS) is 16.1. The molecule has 1 aliphatic carbocycles. The predicted octanol–water partition coefficient (Wildman–Crippen LogP) is 13.1. The van der Waals surface area contributed by atoms with E-state index in [4.69, 9.17) is 15.0 Å². The van der Waals surface area contributed by atoms with E-state index >= 15 is 0 Å². The molecule has 0 bridgehead atoms. The van der Waals surface area contributed by atoms with Crippen LogP contribution in [0, 0.1) is 0 Å². The minimum atomic E-state index is 0.184. The van der Waals surface area contributed by atoms with Gasteiger partial charge in [0.05, 0.1) is 44.0 Å². The van der Waals surface area contributed by atoms with Gasteiger partial charge in [0.25, 0.3) is 0 Å². The van der Waals surface area contributed by atoms with E-state index in [0.29, 0.717) is 5.95 Å². The lowest BCUT2D eigenvalue weighted by molar-refractivity contribution is 0.617. The Bertz CT molecular complexity index is 3490. The Morgan fingerprint density at radius 3 is 2.00 bits per heavy atom. The molecule has 0 saturated carbocycles. The smallest absolute Gasteiger partial charge is 0.235 e. The topological polar surface area (TPSA) is 48.5 Å². The average Bonchev–Trinajstić information content (AvgIpc) is 4.03. The van der Waals surface area contributed by atoms with Gasteiger partial charge in [-0.2, -0.15) is 0 Å². The summed E-state index contributed by atoms with van der Waals surface area (Å²) in [4.78, 5) is 15.8. The molecule has 2 atom stereocenters. The minimum Gasteiger partial charge on any atom is -0.332 e. The number of aromatic nitrogens is 5. The van der Waals surface area contributed by atoms with Gasteiger partial charge >= 0.3 is 0 Å². The first-order chi connectivity index (χ1) is 28.3. The van der Waals surface area contributed by atoms with Gasteiger partial charge in [-0.25, -0.2) is 15.0 Å².